The summed E-state index contributed by atoms with van der Waals surface area (Å²) in [7, 11) is 2.95. The molecule has 190 valence electrons. The van der Waals surface area contributed by atoms with Crippen molar-refractivity contribution >= 4 is 39.9 Å². The fourth-order valence-corrected chi connectivity index (χ4v) is 4.40. The molecule has 0 aliphatic carbocycles. The number of esters is 1. The lowest BCUT2D eigenvalue weighted by atomic mass is 10.1. The van der Waals surface area contributed by atoms with Crippen LogP contribution in [0.4, 0.5) is 5.69 Å². The highest BCUT2D eigenvalue weighted by Gasteiger charge is 2.17. The average molecular weight is 516 g/mol. The van der Waals surface area contributed by atoms with Crippen LogP contribution < -0.4 is 15.6 Å². The van der Waals surface area contributed by atoms with E-state index in [1.165, 1.54) is 18.2 Å². The monoisotopic (exact) mass is 515 g/mol. The first kappa shape index (κ1) is 25.9. The van der Waals surface area contributed by atoms with E-state index in [4.69, 9.17) is 21.7 Å². The van der Waals surface area contributed by atoms with Gasteiger partial charge in [-0.3, -0.25) is 4.79 Å². The van der Waals surface area contributed by atoms with Gasteiger partial charge in [0.1, 0.15) is 5.75 Å². The van der Waals surface area contributed by atoms with Gasteiger partial charge >= 0.3 is 5.97 Å². The number of hydrogen-bond donors (Lipinski definition) is 2. The average Bonchev–Trinajstić information content (AvgIpc) is 2.90. The number of aromatic nitrogens is 1. The molecule has 0 bridgehead atoms. The highest BCUT2D eigenvalue weighted by Crippen LogP contribution is 2.21. The summed E-state index contributed by atoms with van der Waals surface area (Å²) < 4.78 is 10.3. The molecule has 1 aromatic heterocycles. The first-order chi connectivity index (χ1) is 17.9. The number of aryl methyl sites for hydroxylation is 1. The van der Waals surface area contributed by atoms with E-state index in [0.717, 1.165) is 17.3 Å². The zero-order valence-electron chi connectivity index (χ0n) is 21.0. The van der Waals surface area contributed by atoms with E-state index in [1.54, 1.807) is 25.3 Å². The second-order valence-corrected chi connectivity index (χ2v) is 9.09. The van der Waals surface area contributed by atoms with Gasteiger partial charge in [-0.2, -0.15) is 0 Å². The van der Waals surface area contributed by atoms with Gasteiger partial charge in [0.05, 0.1) is 32.0 Å². The van der Waals surface area contributed by atoms with E-state index < -0.39 is 5.97 Å². The number of nitrogens with zero attached hydrogens (tertiary/aromatic N) is 1. The third kappa shape index (κ3) is 6.34. The molecular formula is C29H29N3O4S. The molecule has 37 heavy (non-hydrogen) atoms. The van der Waals surface area contributed by atoms with Crippen LogP contribution in [0, 0.1) is 6.92 Å². The van der Waals surface area contributed by atoms with Crippen molar-refractivity contribution in [2.45, 2.75) is 19.9 Å². The molecule has 0 aliphatic heterocycles. The number of methoxy groups -OCH3 is 2. The number of hydrogen-bond acceptors (Lipinski definition) is 5. The number of rotatable bonds is 8. The summed E-state index contributed by atoms with van der Waals surface area (Å²) in [5.41, 5.74) is 4.37. The van der Waals surface area contributed by atoms with E-state index >= 15 is 0 Å². The molecule has 0 amide bonds. The zero-order chi connectivity index (χ0) is 26.4. The molecule has 0 unspecified atom stereocenters. The Bertz CT molecular complexity index is 1500. The molecule has 0 fully saturated rings. The number of anilines is 1. The minimum absolute atomic E-state index is 0.184. The van der Waals surface area contributed by atoms with E-state index in [-0.39, 0.29) is 12.1 Å². The Balaban J connectivity index is 1.64. The molecule has 0 radical (unpaired) electrons. The minimum atomic E-state index is -0.461. The normalized spacial score (nSPS) is 10.7. The van der Waals surface area contributed by atoms with Crippen LogP contribution in [0.1, 0.15) is 27.0 Å². The highest BCUT2D eigenvalue weighted by atomic mass is 32.1. The molecule has 0 saturated carbocycles. The van der Waals surface area contributed by atoms with E-state index in [2.05, 4.69) is 35.4 Å². The van der Waals surface area contributed by atoms with Crippen molar-refractivity contribution in [2.75, 3.05) is 26.1 Å². The van der Waals surface area contributed by atoms with Gasteiger partial charge in [-0.15, -0.1) is 0 Å². The quantitative estimate of drug-likeness (QED) is 0.250. The first-order valence-electron chi connectivity index (χ1n) is 11.9. The summed E-state index contributed by atoms with van der Waals surface area (Å²) in [6, 6.07) is 22.7. The lowest BCUT2D eigenvalue weighted by Crippen LogP contribution is -2.37. The standard InChI is InChI=1S/C29H29N3O4S/c1-19-7-6-8-20(15-19)13-14-32(29(37)31-26-10-5-4-9-24(26)28(34)36-3)18-22-16-21-17-23(35-2)11-12-25(21)30-27(22)33/h4-12,15-17H,13-14,18H2,1-3H3,(H,30,33)(H,31,37). The van der Waals surface area contributed by atoms with Crippen LogP contribution >= 0.6 is 12.2 Å². The third-order valence-electron chi connectivity index (χ3n) is 6.10. The van der Waals surface area contributed by atoms with Gasteiger partial charge in [0.15, 0.2) is 5.11 Å². The Labute approximate surface area is 221 Å². The molecule has 7 nitrogen and oxygen atoms in total. The molecular weight excluding hydrogens is 486 g/mol. The molecule has 0 atom stereocenters. The van der Waals surface area contributed by atoms with Gasteiger partial charge < -0.3 is 24.7 Å². The number of H-pyrrole nitrogens is 1. The van der Waals surface area contributed by atoms with Gasteiger partial charge in [-0.25, -0.2) is 4.79 Å². The van der Waals surface area contributed by atoms with Gasteiger partial charge in [0, 0.05) is 23.0 Å². The van der Waals surface area contributed by atoms with Gasteiger partial charge in [0.25, 0.3) is 5.56 Å². The van der Waals surface area contributed by atoms with Gasteiger partial charge in [-0.05, 0) is 67.5 Å². The summed E-state index contributed by atoms with van der Waals surface area (Å²) in [6.45, 7) is 2.89. The van der Waals surface area contributed by atoms with Gasteiger partial charge in [-0.1, -0.05) is 42.0 Å². The largest absolute Gasteiger partial charge is 0.497 e. The summed E-state index contributed by atoms with van der Waals surface area (Å²) in [5, 5.41) is 4.45. The molecule has 1 heterocycles. The molecule has 0 saturated heterocycles. The van der Waals surface area contributed by atoms with Crippen molar-refractivity contribution in [2.24, 2.45) is 0 Å². The van der Waals surface area contributed by atoms with Crippen LogP contribution in [0.3, 0.4) is 0 Å². The maximum Gasteiger partial charge on any atom is 0.339 e. The number of thiocarbonyl (C=S) groups is 1. The number of carbonyl (C=O) groups is 1. The van der Waals surface area contributed by atoms with Crippen LogP contribution in [0.15, 0.2) is 77.6 Å². The van der Waals surface area contributed by atoms with Crippen molar-refractivity contribution < 1.29 is 14.3 Å². The van der Waals surface area contributed by atoms with Crippen LogP contribution in [-0.4, -0.2) is 41.7 Å². The summed E-state index contributed by atoms with van der Waals surface area (Å²) in [6.07, 6.45) is 0.724. The van der Waals surface area contributed by atoms with Crippen molar-refractivity contribution in [3.63, 3.8) is 0 Å². The van der Waals surface area contributed by atoms with Crippen LogP contribution in [0.5, 0.6) is 5.75 Å². The Morgan fingerprint density at radius 3 is 2.59 bits per heavy atom. The lowest BCUT2D eigenvalue weighted by Gasteiger charge is -2.26. The van der Waals surface area contributed by atoms with Crippen molar-refractivity contribution in [1.29, 1.82) is 0 Å². The Kier molecular flexibility index (Phi) is 8.20. The number of para-hydroxylation sites is 1. The van der Waals surface area contributed by atoms with E-state index in [1.807, 2.05) is 41.3 Å². The summed E-state index contributed by atoms with van der Waals surface area (Å²) in [5.74, 6) is 0.246. The second kappa shape index (κ2) is 11.7. The number of fused-ring (bicyclic) bond motifs is 1. The van der Waals surface area contributed by atoms with E-state index in [9.17, 15) is 9.59 Å². The highest BCUT2D eigenvalue weighted by molar-refractivity contribution is 7.80. The molecule has 4 rings (SSSR count). The molecule has 0 spiro atoms. The fraction of sp³-hybridized carbons (Fsp3) is 0.207. The van der Waals surface area contributed by atoms with Crippen molar-refractivity contribution in [3.05, 3.63) is 105 Å². The number of benzene rings is 3. The van der Waals surface area contributed by atoms with Crippen LogP contribution in [-0.2, 0) is 17.7 Å². The Morgan fingerprint density at radius 1 is 1.03 bits per heavy atom. The van der Waals surface area contributed by atoms with Gasteiger partial charge in [0.2, 0.25) is 0 Å². The number of aromatic amines is 1. The summed E-state index contributed by atoms with van der Waals surface area (Å²) >= 11 is 5.79. The fourth-order valence-electron chi connectivity index (χ4n) is 4.14. The molecule has 3 aromatic carbocycles. The SMILES string of the molecule is COC(=O)c1ccccc1NC(=S)N(CCc1cccc(C)c1)Cc1cc2cc(OC)ccc2[nH]c1=O. The number of pyridine rings is 1. The molecule has 4 aromatic rings. The van der Waals surface area contributed by atoms with E-state index in [0.29, 0.717) is 34.2 Å². The number of ether oxygens (including phenoxy) is 2. The topological polar surface area (TPSA) is 83.7 Å². The molecule has 8 heteroatoms. The predicted molar refractivity (Wildman–Crippen MR) is 150 cm³/mol. The predicted octanol–water partition coefficient (Wildman–Crippen LogP) is 5.07. The molecule has 2 N–H and O–H groups in total. The summed E-state index contributed by atoms with van der Waals surface area (Å²) in [4.78, 5) is 30.1. The van der Waals surface area contributed by atoms with Crippen LogP contribution in [0.2, 0.25) is 0 Å². The van der Waals surface area contributed by atoms with Crippen molar-refractivity contribution in [1.82, 2.24) is 9.88 Å². The second-order valence-electron chi connectivity index (χ2n) is 8.70. The molecule has 0 aliphatic rings. The number of nitrogens with one attached hydrogen (secondary N) is 2. The van der Waals surface area contributed by atoms with Crippen LogP contribution in [0.25, 0.3) is 10.9 Å². The van der Waals surface area contributed by atoms with Crippen molar-refractivity contribution in [3.8, 4) is 5.75 Å². The smallest absolute Gasteiger partial charge is 0.339 e. The Morgan fingerprint density at radius 2 is 1.84 bits per heavy atom. The third-order valence-corrected chi connectivity index (χ3v) is 6.46. The minimum Gasteiger partial charge on any atom is -0.497 e. The number of carbonyl (C=O) groups excluding carboxylic acids is 1. The maximum absolute atomic E-state index is 13.0. The zero-order valence-corrected chi connectivity index (χ0v) is 21.9. The Hall–Kier alpha value is -4.17. The lowest BCUT2D eigenvalue weighted by molar-refractivity contribution is 0.0602. The maximum atomic E-state index is 13.0. The first-order valence-corrected chi connectivity index (χ1v) is 12.3.